The van der Waals surface area contributed by atoms with Crippen molar-refractivity contribution in [3.05, 3.63) is 24.3 Å². The van der Waals surface area contributed by atoms with Crippen LogP contribution in [0.3, 0.4) is 0 Å². The smallest absolute Gasteiger partial charge is 0.329 e. The molecule has 1 saturated heterocycles. The predicted molar refractivity (Wildman–Crippen MR) is 65.6 cm³/mol. The van der Waals surface area contributed by atoms with Gasteiger partial charge in [-0.2, -0.15) is 0 Å². The number of carbonyl (C=O) groups is 2. The largest absolute Gasteiger partial charge is 0.479 e. The molecule has 1 rings (SSSR count). The lowest BCUT2D eigenvalue weighted by atomic mass is 9.93. The summed E-state index contributed by atoms with van der Waals surface area (Å²) in [6, 6.07) is 0. The Kier molecular flexibility index (Phi) is 4.49. The van der Waals surface area contributed by atoms with E-state index in [0.29, 0.717) is 19.4 Å². The minimum atomic E-state index is -1.00. The zero-order valence-corrected chi connectivity index (χ0v) is 10.3. The van der Waals surface area contributed by atoms with E-state index in [-0.39, 0.29) is 5.91 Å². The lowest BCUT2D eigenvalue weighted by Crippen LogP contribution is -2.52. The minimum Gasteiger partial charge on any atom is -0.479 e. The van der Waals surface area contributed by atoms with E-state index in [0.717, 1.165) is 6.42 Å². The summed E-state index contributed by atoms with van der Waals surface area (Å²) >= 11 is 0. The van der Waals surface area contributed by atoms with E-state index in [1.807, 2.05) is 19.9 Å². The number of carbonyl (C=O) groups excluding carboxylic acids is 1. The third-order valence-electron chi connectivity index (χ3n) is 3.28. The summed E-state index contributed by atoms with van der Waals surface area (Å²) in [5.41, 5.74) is -1.00. The Morgan fingerprint density at radius 3 is 2.65 bits per heavy atom. The molecule has 4 nitrogen and oxygen atoms in total. The van der Waals surface area contributed by atoms with Crippen LogP contribution < -0.4 is 0 Å². The average molecular weight is 237 g/mol. The molecular formula is C13H19NO3. The number of carboxylic acids is 1. The molecule has 0 radical (unpaired) electrons. The van der Waals surface area contributed by atoms with Crippen molar-refractivity contribution < 1.29 is 14.7 Å². The highest BCUT2D eigenvalue weighted by Crippen LogP contribution is 2.32. The number of amides is 1. The lowest BCUT2D eigenvalue weighted by Gasteiger charge is -2.33. The van der Waals surface area contributed by atoms with Crippen LogP contribution in [0.4, 0.5) is 0 Å². The summed E-state index contributed by atoms with van der Waals surface area (Å²) in [6.45, 7) is 4.20. The first-order valence-electron chi connectivity index (χ1n) is 5.93. The van der Waals surface area contributed by atoms with Crippen LogP contribution >= 0.6 is 0 Å². The molecule has 1 unspecified atom stereocenters. The molecule has 94 valence electrons. The highest BCUT2D eigenvalue weighted by Gasteiger charge is 2.47. The molecule has 17 heavy (non-hydrogen) atoms. The van der Waals surface area contributed by atoms with Gasteiger partial charge in [0, 0.05) is 12.6 Å². The summed E-state index contributed by atoms with van der Waals surface area (Å²) in [4.78, 5) is 24.8. The van der Waals surface area contributed by atoms with Crippen LogP contribution in [0, 0.1) is 0 Å². The second kappa shape index (κ2) is 5.66. The molecule has 0 aliphatic carbocycles. The fourth-order valence-electron chi connectivity index (χ4n) is 2.28. The van der Waals surface area contributed by atoms with Crippen LogP contribution in [-0.2, 0) is 9.59 Å². The Morgan fingerprint density at radius 1 is 1.41 bits per heavy atom. The van der Waals surface area contributed by atoms with Crippen molar-refractivity contribution in [2.45, 2.75) is 38.6 Å². The van der Waals surface area contributed by atoms with Crippen molar-refractivity contribution >= 4 is 11.9 Å². The number of carboxylic acid groups (broad SMARTS) is 1. The number of aliphatic carboxylic acids is 1. The molecule has 4 heteroatoms. The van der Waals surface area contributed by atoms with E-state index < -0.39 is 11.5 Å². The summed E-state index contributed by atoms with van der Waals surface area (Å²) < 4.78 is 0. The van der Waals surface area contributed by atoms with Gasteiger partial charge in [0.1, 0.15) is 5.54 Å². The molecule has 1 aliphatic heterocycles. The number of rotatable bonds is 4. The molecular weight excluding hydrogens is 218 g/mol. The third-order valence-corrected chi connectivity index (χ3v) is 3.28. The summed E-state index contributed by atoms with van der Waals surface area (Å²) in [6.07, 6.45) is 8.39. The van der Waals surface area contributed by atoms with Crippen molar-refractivity contribution in [2.24, 2.45) is 0 Å². The molecule has 1 heterocycles. The number of nitrogens with zero attached hydrogens (tertiary/aromatic N) is 1. The van der Waals surface area contributed by atoms with Crippen molar-refractivity contribution in [1.82, 2.24) is 4.90 Å². The predicted octanol–water partition coefficient (Wildman–Crippen LogP) is 1.97. The molecule has 0 aromatic heterocycles. The van der Waals surface area contributed by atoms with Gasteiger partial charge in [0.25, 0.3) is 0 Å². The SMILES string of the molecule is CC=C/C=C/C(=O)N1CCCC1(CC)C(=O)O. The van der Waals surface area contributed by atoms with Gasteiger partial charge in [-0.05, 0) is 26.2 Å². The second-order valence-electron chi connectivity index (χ2n) is 4.17. The number of likely N-dealkylation sites (tertiary alicyclic amines) is 1. The van der Waals surface area contributed by atoms with Crippen LogP contribution in [0.15, 0.2) is 24.3 Å². The first-order chi connectivity index (χ1) is 8.08. The molecule has 0 spiro atoms. The van der Waals surface area contributed by atoms with Crippen molar-refractivity contribution in [2.75, 3.05) is 6.54 Å². The van der Waals surface area contributed by atoms with Gasteiger partial charge in [-0.3, -0.25) is 4.79 Å². The number of allylic oxidation sites excluding steroid dienone is 3. The van der Waals surface area contributed by atoms with Gasteiger partial charge in [0.05, 0.1) is 0 Å². The monoisotopic (exact) mass is 237 g/mol. The van der Waals surface area contributed by atoms with Gasteiger partial charge in [-0.1, -0.05) is 25.2 Å². The Bertz CT molecular complexity index is 360. The standard InChI is InChI=1S/C13H19NO3/c1-3-5-6-8-11(15)14-10-7-9-13(14,4-2)12(16)17/h3,5-6,8H,4,7,9-10H2,1-2H3,(H,16,17)/b5-3?,8-6+. The van der Waals surface area contributed by atoms with Crippen molar-refractivity contribution in [3.63, 3.8) is 0 Å². The first-order valence-corrected chi connectivity index (χ1v) is 5.93. The van der Waals surface area contributed by atoms with E-state index in [1.54, 1.807) is 12.2 Å². The van der Waals surface area contributed by atoms with E-state index >= 15 is 0 Å². The molecule has 0 aromatic rings. The fourth-order valence-corrected chi connectivity index (χ4v) is 2.28. The van der Waals surface area contributed by atoms with Crippen LogP contribution in [0.1, 0.15) is 33.1 Å². The maximum atomic E-state index is 11.9. The van der Waals surface area contributed by atoms with Gasteiger partial charge < -0.3 is 10.0 Å². The van der Waals surface area contributed by atoms with E-state index in [9.17, 15) is 14.7 Å². The van der Waals surface area contributed by atoms with Gasteiger partial charge in [0.2, 0.25) is 5.91 Å². The zero-order valence-electron chi connectivity index (χ0n) is 10.3. The van der Waals surface area contributed by atoms with Crippen LogP contribution in [-0.4, -0.2) is 34.0 Å². The van der Waals surface area contributed by atoms with Crippen LogP contribution in [0.25, 0.3) is 0 Å². The van der Waals surface area contributed by atoms with Crippen molar-refractivity contribution in [1.29, 1.82) is 0 Å². The molecule has 0 saturated carbocycles. The van der Waals surface area contributed by atoms with Crippen molar-refractivity contribution in [3.8, 4) is 0 Å². The van der Waals surface area contributed by atoms with E-state index in [4.69, 9.17) is 0 Å². The van der Waals surface area contributed by atoms with E-state index in [2.05, 4.69) is 0 Å². The highest BCUT2D eigenvalue weighted by atomic mass is 16.4. The molecule has 1 atom stereocenters. The maximum Gasteiger partial charge on any atom is 0.329 e. The van der Waals surface area contributed by atoms with Gasteiger partial charge in [0.15, 0.2) is 0 Å². The van der Waals surface area contributed by atoms with Crippen LogP contribution in [0.5, 0.6) is 0 Å². The molecule has 1 aliphatic rings. The van der Waals surface area contributed by atoms with E-state index in [1.165, 1.54) is 11.0 Å². The second-order valence-corrected chi connectivity index (χ2v) is 4.17. The topological polar surface area (TPSA) is 57.6 Å². The Labute approximate surface area is 102 Å². The van der Waals surface area contributed by atoms with Gasteiger partial charge in [-0.15, -0.1) is 0 Å². The highest BCUT2D eigenvalue weighted by molar-refractivity contribution is 5.93. The Morgan fingerprint density at radius 2 is 2.12 bits per heavy atom. The summed E-state index contributed by atoms with van der Waals surface area (Å²) in [7, 11) is 0. The number of hydrogen-bond donors (Lipinski definition) is 1. The summed E-state index contributed by atoms with van der Waals surface area (Å²) in [5.74, 6) is -1.12. The molecule has 1 amide bonds. The Balaban J connectivity index is 2.88. The first kappa shape index (κ1) is 13.5. The van der Waals surface area contributed by atoms with Gasteiger partial charge >= 0.3 is 5.97 Å². The lowest BCUT2D eigenvalue weighted by molar-refractivity contribution is -0.155. The fraction of sp³-hybridized carbons (Fsp3) is 0.538. The zero-order chi connectivity index (χ0) is 12.9. The normalized spacial score (nSPS) is 24.9. The molecule has 0 bridgehead atoms. The summed E-state index contributed by atoms with van der Waals surface area (Å²) in [5, 5.41) is 9.32. The maximum absolute atomic E-state index is 11.9. The third kappa shape index (κ3) is 2.57. The molecule has 1 N–H and O–H groups in total. The van der Waals surface area contributed by atoms with Gasteiger partial charge in [-0.25, -0.2) is 4.79 Å². The Hall–Kier alpha value is -1.58. The average Bonchev–Trinajstić information content (AvgIpc) is 2.74. The number of hydrogen-bond acceptors (Lipinski definition) is 2. The quantitative estimate of drug-likeness (QED) is 0.600. The minimum absolute atomic E-state index is 0.218. The van der Waals surface area contributed by atoms with Crippen LogP contribution in [0.2, 0.25) is 0 Å². The molecule has 0 aromatic carbocycles. The molecule has 1 fully saturated rings.